The highest BCUT2D eigenvalue weighted by atomic mass is 35.5. The molecule has 0 spiro atoms. The summed E-state index contributed by atoms with van der Waals surface area (Å²) in [6.07, 6.45) is 3.40. The van der Waals surface area contributed by atoms with Crippen LogP contribution >= 0.6 is 11.6 Å². The van der Waals surface area contributed by atoms with E-state index in [0.29, 0.717) is 10.6 Å². The first kappa shape index (κ1) is 15.3. The lowest BCUT2D eigenvalue weighted by Gasteiger charge is -2.02. The van der Waals surface area contributed by atoms with Crippen molar-refractivity contribution in [2.24, 2.45) is 4.99 Å². The molecule has 0 aliphatic rings. The molecular weight excluding hydrogens is 289 g/mol. The van der Waals surface area contributed by atoms with Gasteiger partial charge in [0.2, 0.25) is 0 Å². The first-order valence-electron chi connectivity index (χ1n) is 6.40. The first-order chi connectivity index (χ1) is 10.1. The normalized spacial score (nSPS) is 11.9. The predicted molar refractivity (Wildman–Crippen MR) is 86.2 cm³/mol. The van der Waals surface area contributed by atoms with Crippen molar-refractivity contribution in [1.82, 2.24) is 0 Å². The molecule has 2 nitrogen and oxygen atoms in total. The SMILES string of the molecule is COc1ccc(N=Cc2ccc(F)cc2/C=C(/C)Cl)cc1. The van der Waals surface area contributed by atoms with E-state index in [1.54, 1.807) is 32.4 Å². The van der Waals surface area contributed by atoms with Gasteiger partial charge in [0.25, 0.3) is 0 Å². The molecule has 21 heavy (non-hydrogen) atoms. The number of hydrogen-bond donors (Lipinski definition) is 0. The molecule has 0 radical (unpaired) electrons. The molecule has 0 atom stereocenters. The quantitative estimate of drug-likeness (QED) is 0.713. The van der Waals surface area contributed by atoms with Gasteiger partial charge in [0.1, 0.15) is 11.6 Å². The third-order valence-corrected chi connectivity index (χ3v) is 2.94. The van der Waals surface area contributed by atoms with Crippen molar-refractivity contribution in [2.45, 2.75) is 6.92 Å². The molecule has 0 aliphatic heterocycles. The van der Waals surface area contributed by atoms with Gasteiger partial charge in [-0.25, -0.2) is 4.39 Å². The molecule has 0 bridgehead atoms. The number of halogens is 2. The molecule has 2 aromatic carbocycles. The standard InChI is InChI=1S/C17H15ClFNO/c1-12(18)9-14-10-15(19)4-3-13(14)11-20-16-5-7-17(21-2)8-6-16/h3-11H,1-2H3/b12-9-,20-11?. The molecule has 0 amide bonds. The van der Waals surface area contributed by atoms with E-state index >= 15 is 0 Å². The van der Waals surface area contributed by atoms with E-state index in [2.05, 4.69) is 4.99 Å². The Morgan fingerprint density at radius 2 is 1.86 bits per heavy atom. The van der Waals surface area contributed by atoms with Crippen LogP contribution in [0.3, 0.4) is 0 Å². The maximum atomic E-state index is 13.3. The molecule has 4 heteroatoms. The van der Waals surface area contributed by atoms with E-state index in [-0.39, 0.29) is 5.82 Å². The van der Waals surface area contributed by atoms with Crippen molar-refractivity contribution in [1.29, 1.82) is 0 Å². The zero-order chi connectivity index (χ0) is 15.2. The molecule has 0 aromatic heterocycles. The molecule has 0 unspecified atom stereocenters. The molecule has 0 heterocycles. The largest absolute Gasteiger partial charge is 0.497 e. The summed E-state index contributed by atoms with van der Waals surface area (Å²) in [5.74, 6) is 0.470. The summed E-state index contributed by atoms with van der Waals surface area (Å²) < 4.78 is 18.4. The van der Waals surface area contributed by atoms with Crippen molar-refractivity contribution in [3.8, 4) is 5.75 Å². The van der Waals surface area contributed by atoms with Gasteiger partial charge >= 0.3 is 0 Å². The molecule has 108 valence electrons. The predicted octanol–water partition coefficient (Wildman–Crippen LogP) is 5.18. The first-order valence-corrected chi connectivity index (χ1v) is 6.78. The van der Waals surface area contributed by atoms with E-state index in [9.17, 15) is 4.39 Å². The van der Waals surface area contributed by atoms with Crippen LogP contribution in [0, 0.1) is 5.82 Å². The van der Waals surface area contributed by atoms with Crippen LogP contribution in [-0.4, -0.2) is 13.3 Å². The highest BCUT2D eigenvalue weighted by Gasteiger charge is 2.01. The van der Waals surface area contributed by atoms with Crippen LogP contribution in [0.1, 0.15) is 18.1 Å². The van der Waals surface area contributed by atoms with Crippen molar-refractivity contribution in [3.63, 3.8) is 0 Å². The van der Waals surface area contributed by atoms with Gasteiger partial charge in [-0.2, -0.15) is 0 Å². The van der Waals surface area contributed by atoms with Crippen LogP contribution in [0.2, 0.25) is 0 Å². The number of ether oxygens (including phenoxy) is 1. The Balaban J connectivity index is 2.29. The van der Waals surface area contributed by atoms with Gasteiger partial charge in [0.05, 0.1) is 12.8 Å². The van der Waals surface area contributed by atoms with Crippen molar-refractivity contribution >= 4 is 29.6 Å². The number of benzene rings is 2. The van der Waals surface area contributed by atoms with E-state index < -0.39 is 0 Å². The fraction of sp³-hybridized carbons (Fsp3) is 0.118. The topological polar surface area (TPSA) is 21.6 Å². The maximum Gasteiger partial charge on any atom is 0.123 e. The van der Waals surface area contributed by atoms with Crippen LogP contribution in [0.4, 0.5) is 10.1 Å². The number of hydrogen-bond acceptors (Lipinski definition) is 2. The second kappa shape index (κ2) is 7.04. The van der Waals surface area contributed by atoms with Crippen LogP contribution in [0.15, 0.2) is 52.5 Å². The van der Waals surface area contributed by atoms with Gasteiger partial charge in [0.15, 0.2) is 0 Å². The average molecular weight is 304 g/mol. The molecule has 0 saturated carbocycles. The van der Waals surface area contributed by atoms with E-state index in [1.165, 1.54) is 12.1 Å². The van der Waals surface area contributed by atoms with Gasteiger partial charge in [-0.15, -0.1) is 0 Å². The minimum absolute atomic E-state index is 0.305. The maximum absolute atomic E-state index is 13.3. The van der Waals surface area contributed by atoms with Gasteiger partial charge < -0.3 is 4.74 Å². The van der Waals surface area contributed by atoms with Gasteiger partial charge in [-0.05, 0) is 61.0 Å². The Kier molecular flexibility index (Phi) is 5.12. The highest BCUT2D eigenvalue weighted by Crippen LogP contribution is 2.19. The lowest BCUT2D eigenvalue weighted by molar-refractivity contribution is 0.415. The second-order valence-corrected chi connectivity index (χ2v) is 5.06. The number of allylic oxidation sites excluding steroid dienone is 1. The summed E-state index contributed by atoms with van der Waals surface area (Å²) in [5, 5.41) is 0.583. The monoisotopic (exact) mass is 303 g/mol. The molecule has 0 N–H and O–H groups in total. The van der Waals surface area contributed by atoms with E-state index in [1.807, 2.05) is 24.3 Å². The third-order valence-electron chi connectivity index (χ3n) is 2.83. The molecule has 2 aromatic rings. The van der Waals surface area contributed by atoms with Gasteiger partial charge in [-0.3, -0.25) is 4.99 Å². The molecule has 0 saturated heterocycles. The van der Waals surface area contributed by atoms with Crippen LogP contribution in [0.25, 0.3) is 6.08 Å². The zero-order valence-corrected chi connectivity index (χ0v) is 12.6. The Morgan fingerprint density at radius 3 is 2.48 bits per heavy atom. The van der Waals surface area contributed by atoms with Crippen LogP contribution in [0.5, 0.6) is 5.75 Å². The van der Waals surface area contributed by atoms with Crippen molar-refractivity contribution < 1.29 is 9.13 Å². The Bertz CT molecular complexity index is 674. The zero-order valence-electron chi connectivity index (χ0n) is 11.8. The average Bonchev–Trinajstić information content (AvgIpc) is 2.46. The Hall–Kier alpha value is -2.13. The lowest BCUT2D eigenvalue weighted by atomic mass is 10.1. The number of nitrogens with zero attached hydrogens (tertiary/aromatic N) is 1. The smallest absolute Gasteiger partial charge is 0.123 e. The van der Waals surface area contributed by atoms with Crippen molar-refractivity contribution in [3.05, 3.63) is 64.4 Å². The Morgan fingerprint density at radius 1 is 1.14 bits per heavy atom. The number of rotatable bonds is 4. The summed E-state index contributed by atoms with van der Waals surface area (Å²) in [5.41, 5.74) is 2.28. The molecule has 0 aliphatic carbocycles. The third kappa shape index (κ3) is 4.43. The van der Waals surface area contributed by atoms with Gasteiger partial charge in [-0.1, -0.05) is 11.6 Å². The second-order valence-electron chi connectivity index (χ2n) is 4.46. The number of methoxy groups -OCH3 is 1. The molecule has 0 fully saturated rings. The number of aliphatic imine (C=N–C) groups is 1. The summed E-state index contributed by atoms with van der Waals surface area (Å²) >= 11 is 5.87. The molecule has 2 rings (SSSR count). The fourth-order valence-corrected chi connectivity index (χ4v) is 1.93. The molecular formula is C17H15ClFNO. The lowest BCUT2D eigenvalue weighted by Crippen LogP contribution is -1.89. The summed E-state index contributed by atoms with van der Waals surface area (Å²) in [6.45, 7) is 1.75. The summed E-state index contributed by atoms with van der Waals surface area (Å²) in [7, 11) is 1.61. The minimum Gasteiger partial charge on any atom is -0.497 e. The highest BCUT2D eigenvalue weighted by molar-refractivity contribution is 6.31. The van der Waals surface area contributed by atoms with E-state index in [0.717, 1.165) is 17.0 Å². The summed E-state index contributed by atoms with van der Waals surface area (Å²) in [6, 6.07) is 11.9. The Labute approximate surface area is 128 Å². The summed E-state index contributed by atoms with van der Waals surface area (Å²) in [4.78, 5) is 4.37. The van der Waals surface area contributed by atoms with Crippen LogP contribution < -0.4 is 4.74 Å². The fourth-order valence-electron chi connectivity index (χ4n) is 1.81. The van der Waals surface area contributed by atoms with Crippen molar-refractivity contribution in [2.75, 3.05) is 7.11 Å². The van der Waals surface area contributed by atoms with Gasteiger partial charge in [0, 0.05) is 16.8 Å². The van der Waals surface area contributed by atoms with E-state index in [4.69, 9.17) is 16.3 Å². The minimum atomic E-state index is -0.305. The van der Waals surface area contributed by atoms with Crippen LogP contribution in [-0.2, 0) is 0 Å².